The topological polar surface area (TPSA) is 61.8 Å². The van der Waals surface area contributed by atoms with E-state index in [1.165, 1.54) is 17.4 Å². The van der Waals surface area contributed by atoms with Crippen LogP contribution in [0.2, 0.25) is 0 Å². The summed E-state index contributed by atoms with van der Waals surface area (Å²) in [5, 5.41) is 14.5. The van der Waals surface area contributed by atoms with Crippen molar-refractivity contribution in [3.05, 3.63) is 57.0 Å². The number of nitrogens with one attached hydrogen (secondary N) is 1. The molecule has 7 heteroatoms. The van der Waals surface area contributed by atoms with Gasteiger partial charge in [0.15, 0.2) is 0 Å². The van der Waals surface area contributed by atoms with Gasteiger partial charge in [-0.15, -0.1) is 11.3 Å². The number of ether oxygens (including phenoxy) is 1. The van der Waals surface area contributed by atoms with Gasteiger partial charge < -0.3 is 15.2 Å². The van der Waals surface area contributed by atoms with E-state index in [-0.39, 0.29) is 23.8 Å². The minimum absolute atomic E-state index is 0.0182. The molecular formula is C23H29FN2O3S. The summed E-state index contributed by atoms with van der Waals surface area (Å²) in [7, 11) is 0. The van der Waals surface area contributed by atoms with Gasteiger partial charge in [-0.05, 0) is 66.5 Å². The Balaban J connectivity index is 1.36. The molecule has 162 valence electrons. The molecule has 0 amide bonds. The normalized spacial score (nSPS) is 21.8. The van der Waals surface area contributed by atoms with E-state index in [1.54, 1.807) is 6.07 Å². The molecule has 2 aliphatic rings. The second kappa shape index (κ2) is 9.24. The fraction of sp³-hybridized carbons (Fsp3) is 0.522. The number of hydrogen-bond donors (Lipinski definition) is 2. The molecule has 2 aromatic rings. The van der Waals surface area contributed by atoms with Crippen LogP contribution in [-0.4, -0.2) is 60.3 Å². The average molecular weight is 433 g/mol. The number of morpholine rings is 1. The number of carbonyl (C=O) groups is 1. The van der Waals surface area contributed by atoms with Crippen molar-refractivity contribution in [1.82, 2.24) is 10.2 Å². The second-order valence-electron chi connectivity index (χ2n) is 8.49. The maximum atomic E-state index is 13.9. The van der Waals surface area contributed by atoms with Crippen molar-refractivity contribution < 1.29 is 19.0 Å². The van der Waals surface area contributed by atoms with Crippen LogP contribution in [0.25, 0.3) is 0 Å². The van der Waals surface area contributed by atoms with Crippen LogP contribution in [0.3, 0.4) is 0 Å². The van der Waals surface area contributed by atoms with Gasteiger partial charge in [0.05, 0.1) is 10.5 Å². The second-order valence-corrected chi connectivity index (χ2v) is 9.40. The number of Topliss-reactive ketones (excluding diaryl/α,β-unsaturated/α-hetero) is 1. The minimum atomic E-state index is -0.437. The Bertz CT molecular complexity index is 892. The molecule has 1 unspecified atom stereocenters. The average Bonchev–Trinajstić information content (AvgIpc) is 3.16. The van der Waals surface area contributed by atoms with Gasteiger partial charge in [0.25, 0.3) is 0 Å². The van der Waals surface area contributed by atoms with Crippen molar-refractivity contribution in [3.63, 3.8) is 0 Å². The third-order valence-corrected chi connectivity index (χ3v) is 7.09. The van der Waals surface area contributed by atoms with Gasteiger partial charge >= 0.3 is 0 Å². The third-order valence-electron chi connectivity index (χ3n) is 6.03. The van der Waals surface area contributed by atoms with Gasteiger partial charge in [-0.2, -0.15) is 0 Å². The predicted molar refractivity (Wildman–Crippen MR) is 116 cm³/mol. The summed E-state index contributed by atoms with van der Waals surface area (Å²) in [6.45, 7) is 5.68. The lowest BCUT2D eigenvalue weighted by atomic mass is 9.88. The Morgan fingerprint density at radius 1 is 1.30 bits per heavy atom. The molecule has 2 N–H and O–H groups in total. The molecule has 1 atom stereocenters. The predicted octanol–water partition coefficient (Wildman–Crippen LogP) is 2.94. The highest BCUT2D eigenvalue weighted by Crippen LogP contribution is 2.31. The van der Waals surface area contributed by atoms with Crippen LogP contribution >= 0.6 is 11.3 Å². The molecule has 5 nitrogen and oxygen atoms in total. The molecule has 30 heavy (non-hydrogen) atoms. The number of aliphatic hydroxyl groups excluding tert-OH is 1. The molecular weight excluding hydrogens is 403 g/mol. The molecule has 3 heterocycles. The van der Waals surface area contributed by atoms with Crippen LogP contribution in [0.15, 0.2) is 29.6 Å². The summed E-state index contributed by atoms with van der Waals surface area (Å²) in [5.41, 5.74) is 2.55. The molecule has 0 bridgehead atoms. The smallest absolute Gasteiger partial charge is 0.202 e. The van der Waals surface area contributed by atoms with Gasteiger partial charge in [-0.3, -0.25) is 9.69 Å². The van der Waals surface area contributed by atoms with Crippen molar-refractivity contribution in [2.75, 3.05) is 32.8 Å². The van der Waals surface area contributed by atoms with Gasteiger partial charge in [0.2, 0.25) is 5.78 Å². The number of nitrogens with zero attached hydrogens (tertiary/aromatic N) is 1. The Morgan fingerprint density at radius 2 is 2.07 bits per heavy atom. The summed E-state index contributed by atoms with van der Waals surface area (Å²) in [4.78, 5) is 15.9. The highest BCUT2D eigenvalue weighted by Gasteiger charge is 2.42. The first-order chi connectivity index (χ1) is 14.5. The molecule has 0 radical (unpaired) electrons. The number of ketones is 1. The van der Waals surface area contributed by atoms with Crippen molar-refractivity contribution >= 4 is 17.1 Å². The summed E-state index contributed by atoms with van der Waals surface area (Å²) < 4.78 is 20.3. The highest BCUT2D eigenvalue weighted by molar-refractivity contribution is 7.12. The van der Waals surface area contributed by atoms with Crippen LogP contribution in [0.1, 0.15) is 39.2 Å². The lowest BCUT2D eigenvalue weighted by molar-refractivity contribution is -0.127. The minimum Gasteiger partial charge on any atom is -0.396 e. The van der Waals surface area contributed by atoms with E-state index in [4.69, 9.17) is 9.84 Å². The number of thiophene rings is 1. The van der Waals surface area contributed by atoms with Crippen LogP contribution in [0.4, 0.5) is 4.39 Å². The van der Waals surface area contributed by atoms with Crippen LogP contribution in [0, 0.1) is 12.7 Å². The van der Waals surface area contributed by atoms with Crippen molar-refractivity contribution in [3.8, 4) is 0 Å². The number of piperidine rings is 1. The first-order valence-corrected chi connectivity index (χ1v) is 11.4. The lowest BCUT2D eigenvalue weighted by Crippen LogP contribution is -2.59. The number of likely N-dealkylation sites (tertiary alicyclic amines) is 1. The molecule has 1 aromatic carbocycles. The number of aliphatic hydroxyl groups is 1. The maximum absolute atomic E-state index is 13.9. The van der Waals surface area contributed by atoms with E-state index in [2.05, 4.69) is 10.2 Å². The Morgan fingerprint density at radius 3 is 2.77 bits per heavy atom. The molecule has 4 rings (SSSR count). The van der Waals surface area contributed by atoms with E-state index >= 15 is 0 Å². The van der Waals surface area contributed by atoms with Crippen molar-refractivity contribution in [2.24, 2.45) is 0 Å². The number of hydrogen-bond acceptors (Lipinski definition) is 6. The maximum Gasteiger partial charge on any atom is 0.202 e. The van der Waals surface area contributed by atoms with E-state index in [0.717, 1.165) is 54.0 Å². The largest absolute Gasteiger partial charge is 0.396 e. The first kappa shape index (κ1) is 21.6. The zero-order chi connectivity index (χ0) is 21.1. The molecule has 1 aromatic heterocycles. The van der Waals surface area contributed by atoms with Gasteiger partial charge in [-0.1, -0.05) is 6.07 Å². The number of carbonyl (C=O) groups excluding carboxylic acids is 1. The van der Waals surface area contributed by atoms with E-state index in [0.29, 0.717) is 19.5 Å². The molecule has 1 spiro atoms. The third kappa shape index (κ3) is 4.98. The fourth-order valence-corrected chi connectivity index (χ4v) is 5.32. The monoisotopic (exact) mass is 432 g/mol. The fourth-order valence-electron chi connectivity index (χ4n) is 4.44. The number of halogens is 1. The van der Waals surface area contributed by atoms with Crippen molar-refractivity contribution in [2.45, 2.75) is 44.4 Å². The highest BCUT2D eigenvalue weighted by atomic mass is 32.1. The van der Waals surface area contributed by atoms with Gasteiger partial charge in [0.1, 0.15) is 11.9 Å². The van der Waals surface area contributed by atoms with E-state index in [1.807, 2.05) is 24.4 Å². The SMILES string of the molecule is Cc1csc(C(=O)C2CNCC3(CCN(Cc4cc(F)cc(CCO)c4)CC3)O2)c1. The molecule has 0 saturated carbocycles. The summed E-state index contributed by atoms with van der Waals surface area (Å²) in [6, 6.07) is 6.96. The molecule has 0 aliphatic carbocycles. The summed E-state index contributed by atoms with van der Waals surface area (Å²) in [6.07, 6.45) is 1.71. The first-order valence-electron chi connectivity index (χ1n) is 10.6. The lowest BCUT2D eigenvalue weighted by Gasteiger charge is -2.46. The van der Waals surface area contributed by atoms with Crippen LogP contribution in [0.5, 0.6) is 0 Å². The van der Waals surface area contributed by atoms with Gasteiger partial charge in [-0.25, -0.2) is 4.39 Å². The van der Waals surface area contributed by atoms with Gasteiger partial charge in [0, 0.05) is 39.3 Å². The Labute approximate surface area is 180 Å². The molecule has 2 aliphatic heterocycles. The molecule has 2 saturated heterocycles. The van der Waals surface area contributed by atoms with Crippen LogP contribution < -0.4 is 5.32 Å². The van der Waals surface area contributed by atoms with E-state index in [9.17, 15) is 9.18 Å². The number of aryl methyl sites for hydroxylation is 1. The zero-order valence-electron chi connectivity index (χ0n) is 17.3. The molecule has 2 fully saturated rings. The standard InChI is InChI=1S/C23H29FN2O3S/c1-16-8-21(30-14-16)22(28)20-12-25-15-23(29-20)3-5-26(6-4-23)13-18-9-17(2-7-27)10-19(24)11-18/h8-11,14,20,25,27H,2-7,12-13,15H2,1H3. The zero-order valence-corrected chi connectivity index (χ0v) is 18.1. The number of benzene rings is 1. The summed E-state index contributed by atoms with van der Waals surface area (Å²) >= 11 is 1.48. The van der Waals surface area contributed by atoms with Crippen molar-refractivity contribution in [1.29, 1.82) is 0 Å². The van der Waals surface area contributed by atoms with E-state index < -0.39 is 6.10 Å². The Hall–Kier alpha value is -1.64. The Kier molecular flexibility index (Phi) is 6.65. The summed E-state index contributed by atoms with van der Waals surface area (Å²) in [5.74, 6) is -0.187. The van der Waals surface area contributed by atoms with Crippen LogP contribution in [-0.2, 0) is 17.7 Å². The quantitative estimate of drug-likeness (QED) is 0.688. The number of rotatable bonds is 6.